The van der Waals surface area contributed by atoms with Gasteiger partial charge in [0.1, 0.15) is 5.82 Å². The Hall–Kier alpha value is -2.09. The number of carbonyl (C=O) groups is 1. The number of rotatable bonds is 4. The van der Waals surface area contributed by atoms with Crippen LogP contribution >= 0.6 is 11.3 Å². The highest BCUT2D eigenvalue weighted by Crippen LogP contribution is 2.38. The Kier molecular flexibility index (Phi) is 3.78. The fourth-order valence-corrected chi connectivity index (χ4v) is 2.70. The molecule has 1 heterocycles. The van der Waals surface area contributed by atoms with Gasteiger partial charge in [-0.1, -0.05) is 11.3 Å². The van der Waals surface area contributed by atoms with E-state index in [0.29, 0.717) is 30.2 Å². The molecule has 1 saturated carbocycles. The van der Waals surface area contributed by atoms with Crippen LogP contribution in [0.4, 0.5) is 18.3 Å². The summed E-state index contributed by atoms with van der Waals surface area (Å²) in [7, 11) is 0. The van der Waals surface area contributed by atoms with Crippen LogP contribution in [0, 0.1) is 16.8 Å². The molecule has 0 spiro atoms. The molecular weight excluding hydrogens is 317 g/mol. The molecule has 2 aromatic rings. The lowest BCUT2D eigenvalue weighted by Crippen LogP contribution is -2.53. The average molecular weight is 328 g/mol. The molecule has 0 atom stereocenters. The minimum atomic E-state index is -1.24. The Morgan fingerprint density at radius 1 is 1.32 bits per heavy atom. The Balaban J connectivity index is 1.77. The van der Waals surface area contributed by atoms with Crippen molar-refractivity contribution in [1.29, 1.82) is 0 Å². The molecule has 0 saturated heterocycles. The van der Waals surface area contributed by atoms with Crippen molar-refractivity contribution in [2.75, 3.05) is 5.32 Å². The summed E-state index contributed by atoms with van der Waals surface area (Å²) in [5.41, 5.74) is -1.24. The zero-order chi connectivity index (χ0) is 15.7. The number of nitrogens with zero attached hydrogens (tertiary/aromatic N) is 1. The van der Waals surface area contributed by atoms with Gasteiger partial charge in [0.15, 0.2) is 27.4 Å². The molecule has 4 nitrogen and oxygen atoms in total. The maximum Gasteiger partial charge on any atom is 0.270 e. The molecular formula is C14H11F3N2O2S. The third-order valence-corrected chi connectivity index (χ3v) is 4.17. The molecule has 1 fully saturated rings. The number of ether oxygens (including phenoxy) is 1. The van der Waals surface area contributed by atoms with Gasteiger partial charge in [-0.15, -0.1) is 0 Å². The first-order valence-electron chi connectivity index (χ1n) is 6.55. The minimum Gasteiger partial charge on any atom is -0.474 e. The molecule has 0 unspecified atom stereocenters. The standard InChI is InChI=1S/C14H11F3N2O2S/c15-8-2-3-10(9(16)6-8)21-14(4-1-5-14)12(20)19-13-18-7-11(17)22-13/h2-3,6-7H,1,4-5H2,(H,18,19,20). The van der Waals surface area contributed by atoms with Gasteiger partial charge < -0.3 is 4.74 Å². The molecule has 3 rings (SSSR count). The molecule has 1 aliphatic carbocycles. The van der Waals surface area contributed by atoms with Crippen LogP contribution in [0.2, 0.25) is 0 Å². The van der Waals surface area contributed by atoms with Gasteiger partial charge >= 0.3 is 0 Å². The second-order valence-corrected chi connectivity index (χ2v) is 5.93. The van der Waals surface area contributed by atoms with Crippen LogP contribution in [0.1, 0.15) is 19.3 Å². The average Bonchev–Trinajstić information content (AvgIpc) is 2.81. The number of benzene rings is 1. The summed E-state index contributed by atoms with van der Waals surface area (Å²) < 4.78 is 45.0. The van der Waals surface area contributed by atoms with Gasteiger partial charge in [-0.3, -0.25) is 10.1 Å². The predicted octanol–water partition coefficient (Wildman–Crippen LogP) is 3.50. The predicted molar refractivity (Wildman–Crippen MR) is 74.3 cm³/mol. The summed E-state index contributed by atoms with van der Waals surface area (Å²) in [6, 6.07) is 2.88. The first-order chi connectivity index (χ1) is 10.5. The van der Waals surface area contributed by atoms with Gasteiger partial charge in [0.05, 0.1) is 6.20 Å². The Bertz CT molecular complexity index is 716. The van der Waals surface area contributed by atoms with Gasteiger partial charge in [0.25, 0.3) is 5.91 Å². The highest BCUT2D eigenvalue weighted by atomic mass is 32.1. The van der Waals surface area contributed by atoms with Crippen LogP contribution in [-0.2, 0) is 4.79 Å². The monoisotopic (exact) mass is 328 g/mol. The number of aromatic nitrogens is 1. The zero-order valence-corrected chi connectivity index (χ0v) is 12.1. The van der Waals surface area contributed by atoms with E-state index in [4.69, 9.17) is 4.74 Å². The lowest BCUT2D eigenvalue weighted by Gasteiger charge is -2.39. The summed E-state index contributed by atoms with van der Waals surface area (Å²) in [6.07, 6.45) is 2.52. The fraction of sp³-hybridized carbons (Fsp3) is 0.286. The molecule has 0 radical (unpaired) electrons. The SMILES string of the molecule is O=C(Nc1ncc(F)s1)C1(Oc2ccc(F)cc2F)CCC1. The quantitative estimate of drug-likeness (QED) is 0.934. The van der Waals surface area contributed by atoms with Crippen molar-refractivity contribution in [3.8, 4) is 5.75 Å². The van der Waals surface area contributed by atoms with E-state index in [1.165, 1.54) is 0 Å². The molecule has 1 N–H and O–H groups in total. The van der Waals surface area contributed by atoms with Gasteiger partial charge in [0.2, 0.25) is 0 Å². The van der Waals surface area contributed by atoms with Crippen molar-refractivity contribution in [2.45, 2.75) is 24.9 Å². The first-order valence-corrected chi connectivity index (χ1v) is 7.37. The number of halogens is 3. The topological polar surface area (TPSA) is 51.2 Å². The number of hydrogen-bond donors (Lipinski definition) is 1. The van der Waals surface area contributed by atoms with E-state index in [2.05, 4.69) is 10.3 Å². The summed E-state index contributed by atoms with van der Waals surface area (Å²) in [5.74, 6) is -2.31. The Labute approximate surface area is 127 Å². The van der Waals surface area contributed by atoms with E-state index in [1.54, 1.807) is 0 Å². The van der Waals surface area contributed by atoms with Crippen molar-refractivity contribution in [2.24, 2.45) is 0 Å². The van der Waals surface area contributed by atoms with E-state index in [1.807, 2.05) is 0 Å². The highest BCUT2D eigenvalue weighted by Gasteiger charge is 2.47. The van der Waals surface area contributed by atoms with Gasteiger partial charge in [-0.05, 0) is 31.4 Å². The van der Waals surface area contributed by atoms with Gasteiger partial charge in [-0.25, -0.2) is 13.8 Å². The molecule has 116 valence electrons. The largest absolute Gasteiger partial charge is 0.474 e. The zero-order valence-electron chi connectivity index (χ0n) is 11.2. The summed E-state index contributed by atoms with van der Waals surface area (Å²) >= 11 is 0.689. The minimum absolute atomic E-state index is 0.108. The van der Waals surface area contributed by atoms with Gasteiger partial charge in [-0.2, -0.15) is 4.39 Å². The lowest BCUT2D eigenvalue weighted by molar-refractivity contribution is -0.138. The molecule has 8 heteroatoms. The van der Waals surface area contributed by atoms with Crippen LogP contribution in [-0.4, -0.2) is 16.5 Å². The molecule has 1 aromatic heterocycles. The number of thiazole rings is 1. The van der Waals surface area contributed by atoms with E-state index < -0.39 is 28.3 Å². The normalized spacial score (nSPS) is 16.0. The molecule has 1 amide bonds. The Morgan fingerprint density at radius 3 is 2.64 bits per heavy atom. The van der Waals surface area contributed by atoms with Crippen LogP contribution < -0.4 is 10.1 Å². The summed E-state index contributed by atoms with van der Waals surface area (Å²) in [6.45, 7) is 0. The van der Waals surface area contributed by atoms with Crippen LogP contribution in [0.3, 0.4) is 0 Å². The van der Waals surface area contributed by atoms with Crippen molar-refractivity contribution in [1.82, 2.24) is 4.98 Å². The first kappa shape index (κ1) is 14.8. The number of carbonyl (C=O) groups excluding carboxylic acids is 1. The van der Waals surface area contributed by atoms with E-state index >= 15 is 0 Å². The third kappa shape index (κ3) is 2.78. The smallest absolute Gasteiger partial charge is 0.270 e. The van der Waals surface area contributed by atoms with Crippen molar-refractivity contribution in [3.05, 3.63) is 41.2 Å². The molecule has 22 heavy (non-hydrogen) atoms. The Morgan fingerprint density at radius 2 is 2.09 bits per heavy atom. The maximum absolute atomic E-state index is 13.7. The molecule has 0 bridgehead atoms. The van der Waals surface area contributed by atoms with E-state index in [9.17, 15) is 18.0 Å². The fourth-order valence-electron chi connectivity index (χ4n) is 2.17. The van der Waals surface area contributed by atoms with Crippen LogP contribution in [0.5, 0.6) is 5.75 Å². The molecule has 1 aromatic carbocycles. The molecule has 0 aliphatic heterocycles. The van der Waals surface area contributed by atoms with Gasteiger partial charge in [0, 0.05) is 6.07 Å². The van der Waals surface area contributed by atoms with Crippen molar-refractivity contribution in [3.63, 3.8) is 0 Å². The summed E-state index contributed by atoms with van der Waals surface area (Å²) in [5, 5.41) is 2.05. The number of nitrogens with one attached hydrogen (secondary N) is 1. The highest BCUT2D eigenvalue weighted by molar-refractivity contribution is 7.14. The third-order valence-electron chi connectivity index (χ3n) is 3.47. The van der Waals surface area contributed by atoms with E-state index in [-0.39, 0.29) is 10.9 Å². The number of anilines is 1. The maximum atomic E-state index is 13.7. The number of amides is 1. The number of hydrogen-bond acceptors (Lipinski definition) is 4. The van der Waals surface area contributed by atoms with Crippen LogP contribution in [0.15, 0.2) is 24.4 Å². The van der Waals surface area contributed by atoms with Crippen molar-refractivity contribution < 1.29 is 22.7 Å². The lowest BCUT2D eigenvalue weighted by atomic mass is 9.79. The molecule has 1 aliphatic rings. The second-order valence-electron chi connectivity index (χ2n) is 4.95. The summed E-state index contributed by atoms with van der Waals surface area (Å²) in [4.78, 5) is 16.0. The van der Waals surface area contributed by atoms with Crippen LogP contribution in [0.25, 0.3) is 0 Å². The second kappa shape index (κ2) is 5.60. The van der Waals surface area contributed by atoms with Crippen molar-refractivity contribution >= 4 is 22.4 Å². The van der Waals surface area contributed by atoms with E-state index in [0.717, 1.165) is 24.8 Å².